The van der Waals surface area contributed by atoms with Gasteiger partial charge in [0.1, 0.15) is 0 Å². The molecule has 0 aromatic rings. The molecule has 1 N–H and O–H groups in total. The minimum Gasteiger partial charge on any atom is -0.481 e. The van der Waals surface area contributed by atoms with Gasteiger partial charge in [-0.3, -0.25) is 14.4 Å². The first-order chi connectivity index (χ1) is 10.9. The van der Waals surface area contributed by atoms with Crippen LogP contribution in [-0.2, 0) is 14.4 Å². The van der Waals surface area contributed by atoms with Gasteiger partial charge in [0.2, 0.25) is 11.8 Å². The Morgan fingerprint density at radius 2 is 1.83 bits per heavy atom. The minimum absolute atomic E-state index is 0.00880. The number of hydrogen-bond donors (Lipinski definition) is 1. The van der Waals surface area contributed by atoms with Crippen molar-refractivity contribution in [3.63, 3.8) is 0 Å². The molecular formula is C17H30N2O4. The Kier molecular flexibility index (Phi) is 8.06. The van der Waals surface area contributed by atoms with Crippen molar-refractivity contribution in [2.75, 3.05) is 26.7 Å². The molecule has 0 aromatic heterocycles. The van der Waals surface area contributed by atoms with E-state index >= 15 is 0 Å². The summed E-state index contributed by atoms with van der Waals surface area (Å²) >= 11 is 0. The quantitative estimate of drug-likeness (QED) is 0.740. The molecule has 1 aliphatic heterocycles. The smallest absolute Gasteiger partial charge is 0.306 e. The zero-order valence-corrected chi connectivity index (χ0v) is 14.6. The molecule has 1 fully saturated rings. The maximum Gasteiger partial charge on any atom is 0.306 e. The normalized spacial score (nSPS) is 16.9. The molecule has 6 heteroatoms. The molecule has 1 rings (SSSR count). The van der Waals surface area contributed by atoms with E-state index in [0.717, 1.165) is 25.7 Å². The van der Waals surface area contributed by atoms with E-state index in [1.807, 2.05) is 6.92 Å². The number of carbonyl (C=O) groups is 3. The first kappa shape index (κ1) is 19.5. The van der Waals surface area contributed by atoms with Crippen LogP contribution in [0.3, 0.4) is 0 Å². The molecule has 0 saturated carbocycles. The van der Waals surface area contributed by atoms with Crippen LogP contribution in [0.4, 0.5) is 0 Å². The SMILES string of the molecule is CCCCC(CC)C(=O)N(C)CC(=O)N1CCC(C(=O)O)CC1. The van der Waals surface area contributed by atoms with Gasteiger partial charge in [-0.25, -0.2) is 0 Å². The summed E-state index contributed by atoms with van der Waals surface area (Å²) in [6.45, 7) is 5.12. The van der Waals surface area contributed by atoms with Gasteiger partial charge in [0.15, 0.2) is 0 Å². The van der Waals surface area contributed by atoms with Crippen LogP contribution >= 0.6 is 0 Å². The maximum atomic E-state index is 12.4. The summed E-state index contributed by atoms with van der Waals surface area (Å²) < 4.78 is 0. The molecule has 1 aliphatic rings. The number of likely N-dealkylation sites (N-methyl/N-ethyl adjacent to an activating group) is 1. The second-order valence-corrected chi connectivity index (χ2v) is 6.43. The Labute approximate surface area is 138 Å². The highest BCUT2D eigenvalue weighted by atomic mass is 16.4. The van der Waals surface area contributed by atoms with Crippen molar-refractivity contribution < 1.29 is 19.5 Å². The maximum absolute atomic E-state index is 12.4. The molecule has 1 saturated heterocycles. The third-order valence-corrected chi connectivity index (χ3v) is 4.69. The number of unbranched alkanes of at least 4 members (excludes halogenated alkanes) is 1. The predicted octanol–water partition coefficient (Wildman–Crippen LogP) is 1.98. The molecule has 0 aromatic carbocycles. The molecule has 1 atom stereocenters. The van der Waals surface area contributed by atoms with E-state index in [9.17, 15) is 14.4 Å². The van der Waals surface area contributed by atoms with Gasteiger partial charge in [0, 0.05) is 26.1 Å². The van der Waals surface area contributed by atoms with Crippen molar-refractivity contribution in [1.29, 1.82) is 0 Å². The van der Waals surface area contributed by atoms with E-state index in [4.69, 9.17) is 5.11 Å². The van der Waals surface area contributed by atoms with Gasteiger partial charge in [-0.05, 0) is 25.7 Å². The molecular weight excluding hydrogens is 296 g/mol. The first-order valence-corrected chi connectivity index (χ1v) is 8.66. The summed E-state index contributed by atoms with van der Waals surface area (Å²) in [7, 11) is 1.68. The standard InChI is InChI=1S/C17H30N2O4/c1-4-6-7-13(5-2)16(21)18(3)12-15(20)19-10-8-14(9-11-19)17(22)23/h13-14H,4-12H2,1-3H3,(H,22,23). The van der Waals surface area contributed by atoms with Crippen LogP contribution < -0.4 is 0 Å². The number of rotatable bonds is 8. The fraction of sp³-hybridized carbons (Fsp3) is 0.824. The van der Waals surface area contributed by atoms with Crippen LogP contribution in [0.15, 0.2) is 0 Å². The van der Waals surface area contributed by atoms with Crippen LogP contribution in [0.2, 0.25) is 0 Å². The molecule has 2 amide bonds. The summed E-state index contributed by atoms with van der Waals surface area (Å²) in [4.78, 5) is 38.9. The summed E-state index contributed by atoms with van der Waals surface area (Å²) in [6, 6.07) is 0. The van der Waals surface area contributed by atoms with Crippen molar-refractivity contribution in [3.8, 4) is 0 Å². The number of likely N-dealkylation sites (tertiary alicyclic amines) is 1. The third kappa shape index (κ3) is 5.84. The number of carbonyl (C=O) groups excluding carboxylic acids is 2. The van der Waals surface area contributed by atoms with Crippen molar-refractivity contribution in [2.24, 2.45) is 11.8 Å². The lowest BCUT2D eigenvalue weighted by molar-refractivity contribution is -0.147. The number of carboxylic acid groups (broad SMARTS) is 1. The summed E-state index contributed by atoms with van der Waals surface area (Å²) in [5.74, 6) is -1.20. The Morgan fingerprint density at radius 1 is 1.22 bits per heavy atom. The number of piperidine rings is 1. The van der Waals surface area contributed by atoms with Gasteiger partial charge in [-0.15, -0.1) is 0 Å². The monoisotopic (exact) mass is 326 g/mol. The molecule has 23 heavy (non-hydrogen) atoms. The molecule has 0 bridgehead atoms. The predicted molar refractivity (Wildman–Crippen MR) is 87.9 cm³/mol. The van der Waals surface area contributed by atoms with Crippen LogP contribution in [0.5, 0.6) is 0 Å². The van der Waals surface area contributed by atoms with Gasteiger partial charge in [-0.1, -0.05) is 26.7 Å². The molecule has 132 valence electrons. The number of aliphatic carboxylic acids is 1. The number of hydrogen-bond acceptors (Lipinski definition) is 3. The molecule has 0 aliphatic carbocycles. The van der Waals surface area contributed by atoms with Crippen molar-refractivity contribution in [2.45, 2.75) is 52.4 Å². The highest BCUT2D eigenvalue weighted by Gasteiger charge is 2.28. The van der Waals surface area contributed by atoms with Crippen molar-refractivity contribution in [1.82, 2.24) is 9.80 Å². The highest BCUT2D eigenvalue weighted by molar-refractivity contribution is 5.86. The van der Waals surface area contributed by atoms with Gasteiger partial charge in [-0.2, -0.15) is 0 Å². The van der Waals surface area contributed by atoms with Crippen molar-refractivity contribution in [3.05, 3.63) is 0 Å². The van der Waals surface area contributed by atoms with Gasteiger partial charge < -0.3 is 14.9 Å². The molecule has 1 unspecified atom stereocenters. The molecule has 0 spiro atoms. The Hall–Kier alpha value is -1.59. The lowest BCUT2D eigenvalue weighted by atomic mass is 9.97. The average Bonchev–Trinajstić information content (AvgIpc) is 2.55. The Balaban J connectivity index is 2.46. The fourth-order valence-electron chi connectivity index (χ4n) is 3.02. The number of nitrogens with zero attached hydrogens (tertiary/aromatic N) is 2. The molecule has 6 nitrogen and oxygen atoms in total. The molecule has 0 radical (unpaired) electrons. The van der Waals surface area contributed by atoms with E-state index in [2.05, 4.69) is 6.92 Å². The largest absolute Gasteiger partial charge is 0.481 e. The zero-order chi connectivity index (χ0) is 17.4. The lowest BCUT2D eigenvalue weighted by Gasteiger charge is -2.32. The lowest BCUT2D eigenvalue weighted by Crippen LogP contribution is -2.46. The third-order valence-electron chi connectivity index (χ3n) is 4.69. The highest BCUT2D eigenvalue weighted by Crippen LogP contribution is 2.18. The first-order valence-electron chi connectivity index (χ1n) is 8.66. The van der Waals surface area contributed by atoms with Gasteiger partial charge in [0.25, 0.3) is 0 Å². The van der Waals surface area contributed by atoms with E-state index in [1.54, 1.807) is 11.9 Å². The van der Waals surface area contributed by atoms with E-state index in [-0.39, 0.29) is 30.2 Å². The van der Waals surface area contributed by atoms with E-state index < -0.39 is 5.97 Å². The average molecular weight is 326 g/mol. The van der Waals surface area contributed by atoms with Gasteiger partial charge in [0.05, 0.1) is 12.5 Å². The van der Waals surface area contributed by atoms with E-state index in [1.165, 1.54) is 4.90 Å². The summed E-state index contributed by atoms with van der Waals surface area (Å²) in [5, 5.41) is 8.98. The van der Waals surface area contributed by atoms with Crippen molar-refractivity contribution >= 4 is 17.8 Å². The minimum atomic E-state index is -0.786. The van der Waals surface area contributed by atoms with Crippen LogP contribution in [-0.4, -0.2) is 59.4 Å². The summed E-state index contributed by atoms with van der Waals surface area (Å²) in [6.07, 6.45) is 4.73. The molecule has 1 heterocycles. The van der Waals surface area contributed by atoms with Crippen LogP contribution in [0, 0.1) is 11.8 Å². The second kappa shape index (κ2) is 9.53. The number of carboxylic acids is 1. The van der Waals surface area contributed by atoms with Gasteiger partial charge >= 0.3 is 5.97 Å². The Bertz CT molecular complexity index is 417. The van der Waals surface area contributed by atoms with Crippen LogP contribution in [0.1, 0.15) is 52.4 Å². The number of amides is 2. The van der Waals surface area contributed by atoms with E-state index in [0.29, 0.717) is 25.9 Å². The zero-order valence-electron chi connectivity index (χ0n) is 14.6. The summed E-state index contributed by atoms with van der Waals surface area (Å²) in [5.41, 5.74) is 0. The fourth-order valence-corrected chi connectivity index (χ4v) is 3.02. The topological polar surface area (TPSA) is 77.9 Å². The Morgan fingerprint density at radius 3 is 2.30 bits per heavy atom. The second-order valence-electron chi connectivity index (χ2n) is 6.43. The van der Waals surface area contributed by atoms with Crippen LogP contribution in [0.25, 0.3) is 0 Å².